The number of rotatable bonds is 13. The topological polar surface area (TPSA) is 96.0 Å². The van der Waals surface area contributed by atoms with Crippen LogP contribution in [-0.2, 0) is 32.6 Å². The predicted molar refractivity (Wildman–Crippen MR) is 177 cm³/mol. The first kappa shape index (κ1) is 34.2. The zero-order valence-electron chi connectivity index (χ0n) is 26.5. The SMILES string of the molecule is CCOc1ccc(N(CC(=O)N(Cc2ccc(F)cc2)[C@@H](Cc2ccccc2)C(=O)NC(C)(C)C)S(=O)(=O)c2ccccc2)cc1. The van der Waals surface area contributed by atoms with Gasteiger partial charge < -0.3 is 15.0 Å². The van der Waals surface area contributed by atoms with Gasteiger partial charge in [-0.3, -0.25) is 13.9 Å². The Bertz CT molecular complexity index is 1690. The number of carbonyl (C=O) groups excluding carboxylic acids is 2. The third-order valence-electron chi connectivity index (χ3n) is 7.08. The van der Waals surface area contributed by atoms with Crippen molar-refractivity contribution < 1.29 is 27.1 Å². The van der Waals surface area contributed by atoms with Gasteiger partial charge in [0.2, 0.25) is 11.8 Å². The van der Waals surface area contributed by atoms with Gasteiger partial charge in [0, 0.05) is 18.5 Å². The Morgan fingerprint density at radius 2 is 1.41 bits per heavy atom. The van der Waals surface area contributed by atoms with Crippen LogP contribution in [0.5, 0.6) is 5.75 Å². The molecule has 0 aromatic heterocycles. The van der Waals surface area contributed by atoms with Crippen molar-refractivity contribution in [2.24, 2.45) is 0 Å². The van der Waals surface area contributed by atoms with Crippen molar-refractivity contribution in [3.05, 3.63) is 126 Å². The number of nitrogens with one attached hydrogen (secondary N) is 1. The van der Waals surface area contributed by atoms with Crippen molar-refractivity contribution in [3.63, 3.8) is 0 Å². The molecular weight excluding hydrogens is 605 g/mol. The molecule has 0 spiro atoms. The summed E-state index contributed by atoms with van der Waals surface area (Å²) in [7, 11) is -4.23. The van der Waals surface area contributed by atoms with Crippen LogP contribution in [0.25, 0.3) is 0 Å². The van der Waals surface area contributed by atoms with Gasteiger partial charge in [-0.15, -0.1) is 0 Å². The quantitative estimate of drug-likeness (QED) is 0.193. The molecule has 0 fully saturated rings. The van der Waals surface area contributed by atoms with Crippen LogP contribution in [0.1, 0.15) is 38.8 Å². The van der Waals surface area contributed by atoms with E-state index in [0.29, 0.717) is 17.9 Å². The lowest BCUT2D eigenvalue weighted by atomic mass is 10.0. The van der Waals surface area contributed by atoms with E-state index in [1.165, 1.54) is 29.2 Å². The highest BCUT2D eigenvalue weighted by Gasteiger charge is 2.35. The largest absolute Gasteiger partial charge is 0.494 e. The highest BCUT2D eigenvalue weighted by molar-refractivity contribution is 7.92. The summed E-state index contributed by atoms with van der Waals surface area (Å²) in [5.41, 5.74) is 1.03. The minimum Gasteiger partial charge on any atom is -0.494 e. The fourth-order valence-corrected chi connectivity index (χ4v) is 6.35. The Labute approximate surface area is 270 Å². The summed E-state index contributed by atoms with van der Waals surface area (Å²) < 4.78 is 48.6. The molecule has 0 radical (unpaired) electrons. The molecule has 242 valence electrons. The Kier molecular flexibility index (Phi) is 11.2. The zero-order valence-corrected chi connectivity index (χ0v) is 27.3. The van der Waals surface area contributed by atoms with Crippen LogP contribution in [-0.4, -0.2) is 49.9 Å². The van der Waals surface area contributed by atoms with E-state index in [-0.39, 0.29) is 23.5 Å². The van der Waals surface area contributed by atoms with Crippen molar-refractivity contribution in [1.29, 1.82) is 0 Å². The Hall–Kier alpha value is -4.70. The molecule has 10 heteroatoms. The molecule has 46 heavy (non-hydrogen) atoms. The smallest absolute Gasteiger partial charge is 0.264 e. The van der Waals surface area contributed by atoms with Crippen LogP contribution in [0.3, 0.4) is 0 Å². The second kappa shape index (κ2) is 15.1. The summed E-state index contributed by atoms with van der Waals surface area (Å²) >= 11 is 0. The minimum atomic E-state index is -4.23. The summed E-state index contributed by atoms with van der Waals surface area (Å²) in [5.74, 6) is -0.897. The van der Waals surface area contributed by atoms with Crippen LogP contribution in [0, 0.1) is 5.82 Å². The maximum atomic E-state index is 14.5. The average molecular weight is 646 g/mol. The molecule has 0 aliphatic rings. The Morgan fingerprint density at radius 1 is 0.826 bits per heavy atom. The maximum absolute atomic E-state index is 14.5. The van der Waals surface area contributed by atoms with E-state index < -0.39 is 45.8 Å². The van der Waals surface area contributed by atoms with Gasteiger partial charge in [0.1, 0.15) is 24.2 Å². The number of hydrogen-bond donors (Lipinski definition) is 1. The molecule has 8 nitrogen and oxygen atoms in total. The number of sulfonamides is 1. The van der Waals surface area contributed by atoms with Crippen LogP contribution < -0.4 is 14.4 Å². The Morgan fingerprint density at radius 3 is 1.98 bits per heavy atom. The van der Waals surface area contributed by atoms with E-state index in [9.17, 15) is 22.4 Å². The van der Waals surface area contributed by atoms with E-state index in [1.807, 2.05) is 58.0 Å². The molecule has 2 amide bonds. The minimum absolute atomic E-state index is 0.00748. The number of nitrogens with zero attached hydrogens (tertiary/aromatic N) is 2. The molecule has 0 saturated heterocycles. The molecule has 4 aromatic rings. The lowest BCUT2D eigenvalue weighted by molar-refractivity contribution is -0.140. The van der Waals surface area contributed by atoms with Crippen LogP contribution in [0.15, 0.2) is 114 Å². The molecular formula is C36H40FN3O5S. The van der Waals surface area contributed by atoms with E-state index in [4.69, 9.17) is 4.74 Å². The number of carbonyl (C=O) groups is 2. The molecule has 4 aromatic carbocycles. The molecule has 0 unspecified atom stereocenters. The highest BCUT2D eigenvalue weighted by Crippen LogP contribution is 2.27. The lowest BCUT2D eigenvalue weighted by Gasteiger charge is -2.35. The second-order valence-electron chi connectivity index (χ2n) is 11.8. The van der Waals surface area contributed by atoms with Crippen molar-refractivity contribution in [3.8, 4) is 5.75 Å². The van der Waals surface area contributed by atoms with Crippen molar-refractivity contribution in [2.75, 3.05) is 17.5 Å². The Balaban J connectivity index is 1.80. The molecule has 0 aliphatic heterocycles. The zero-order chi connectivity index (χ0) is 33.3. The number of halogens is 1. The van der Waals surface area contributed by atoms with E-state index in [2.05, 4.69) is 5.32 Å². The van der Waals surface area contributed by atoms with Gasteiger partial charge in [0.05, 0.1) is 17.2 Å². The molecule has 0 heterocycles. The number of benzene rings is 4. The molecule has 1 atom stereocenters. The molecule has 4 rings (SSSR count). The first-order valence-corrected chi connectivity index (χ1v) is 16.5. The number of anilines is 1. The van der Waals surface area contributed by atoms with Gasteiger partial charge >= 0.3 is 0 Å². The van der Waals surface area contributed by atoms with Gasteiger partial charge in [0.15, 0.2) is 0 Å². The summed E-state index contributed by atoms with van der Waals surface area (Å²) in [6.07, 6.45) is 0.171. The molecule has 0 saturated carbocycles. The van der Waals surface area contributed by atoms with Gasteiger partial charge in [-0.1, -0.05) is 60.7 Å². The normalized spacial score (nSPS) is 12.2. The van der Waals surface area contributed by atoms with E-state index in [1.54, 1.807) is 54.6 Å². The third kappa shape index (κ3) is 9.17. The van der Waals surface area contributed by atoms with Crippen molar-refractivity contribution in [2.45, 2.75) is 57.1 Å². The lowest BCUT2D eigenvalue weighted by Crippen LogP contribution is -2.56. The summed E-state index contributed by atoms with van der Waals surface area (Å²) in [5, 5.41) is 2.99. The monoisotopic (exact) mass is 645 g/mol. The van der Waals surface area contributed by atoms with Gasteiger partial charge in [-0.05, 0) is 87.4 Å². The summed E-state index contributed by atoms with van der Waals surface area (Å²) in [6.45, 7) is 7.15. The van der Waals surface area contributed by atoms with E-state index >= 15 is 0 Å². The number of hydrogen-bond acceptors (Lipinski definition) is 5. The standard InChI is InChI=1S/C36H40FN3O5S/c1-5-45-31-22-20-30(21-23-31)40(46(43,44)32-14-10-7-11-15-32)26-34(41)39(25-28-16-18-29(37)19-17-28)33(35(42)38-36(2,3)4)24-27-12-8-6-9-13-27/h6-23,33H,5,24-26H2,1-4H3,(H,38,42)/t33-/m0/s1. The average Bonchev–Trinajstić information content (AvgIpc) is 3.03. The summed E-state index contributed by atoms with van der Waals surface area (Å²) in [4.78, 5) is 29.8. The van der Waals surface area contributed by atoms with Crippen LogP contribution >= 0.6 is 0 Å². The van der Waals surface area contributed by atoms with Gasteiger partial charge in [0.25, 0.3) is 10.0 Å². The highest BCUT2D eigenvalue weighted by atomic mass is 32.2. The third-order valence-corrected chi connectivity index (χ3v) is 8.87. The fourth-order valence-electron chi connectivity index (χ4n) is 4.92. The number of ether oxygens (including phenoxy) is 1. The van der Waals surface area contributed by atoms with Crippen molar-refractivity contribution in [1.82, 2.24) is 10.2 Å². The second-order valence-corrected chi connectivity index (χ2v) is 13.7. The molecule has 1 N–H and O–H groups in total. The first-order valence-electron chi connectivity index (χ1n) is 15.1. The van der Waals surface area contributed by atoms with E-state index in [0.717, 1.165) is 9.87 Å². The summed E-state index contributed by atoms with van der Waals surface area (Å²) in [6, 6.07) is 28.2. The molecule has 0 bridgehead atoms. The van der Waals surface area contributed by atoms with Crippen LogP contribution in [0.4, 0.5) is 10.1 Å². The molecule has 0 aliphatic carbocycles. The number of amides is 2. The maximum Gasteiger partial charge on any atom is 0.264 e. The van der Waals surface area contributed by atoms with Gasteiger partial charge in [-0.2, -0.15) is 0 Å². The van der Waals surface area contributed by atoms with Crippen molar-refractivity contribution >= 4 is 27.5 Å². The first-order chi connectivity index (χ1) is 21.9. The van der Waals surface area contributed by atoms with Gasteiger partial charge in [-0.25, -0.2) is 12.8 Å². The fraction of sp³-hybridized carbons (Fsp3) is 0.278. The van der Waals surface area contributed by atoms with Crippen LogP contribution in [0.2, 0.25) is 0 Å². The predicted octanol–water partition coefficient (Wildman–Crippen LogP) is 5.97.